The van der Waals surface area contributed by atoms with E-state index >= 15 is 0 Å². The van der Waals surface area contributed by atoms with Crippen LogP contribution in [0.2, 0.25) is 0 Å². The molecule has 0 fully saturated rings. The van der Waals surface area contributed by atoms with E-state index in [1.165, 1.54) is 70.6 Å². The highest BCUT2D eigenvalue weighted by Gasteiger charge is 2.51. The highest BCUT2D eigenvalue weighted by atomic mass is 32.2. The van der Waals surface area contributed by atoms with Crippen LogP contribution in [0.3, 0.4) is 0 Å². The molecule has 2 aromatic heterocycles. The average Bonchev–Trinajstić information content (AvgIpc) is 4.04. The highest BCUT2D eigenvalue weighted by Crippen LogP contribution is 2.63. The molecule has 326 valence electrons. The van der Waals surface area contributed by atoms with Gasteiger partial charge in [-0.3, -0.25) is 0 Å². The van der Waals surface area contributed by atoms with Gasteiger partial charge in [-0.25, -0.2) is 15.0 Å². The Kier molecular flexibility index (Phi) is 8.44. The second-order valence-electron chi connectivity index (χ2n) is 18.3. The Bertz CT molecular complexity index is 4080. The maximum absolute atomic E-state index is 5.40. The highest BCUT2D eigenvalue weighted by molar-refractivity contribution is 7.99. The number of nitrogens with zero attached hydrogens (tertiary/aromatic N) is 5. The minimum absolute atomic E-state index is 0.427. The van der Waals surface area contributed by atoms with Gasteiger partial charge in [-0.1, -0.05) is 188 Å². The van der Waals surface area contributed by atoms with E-state index in [0.717, 1.165) is 45.0 Å². The Morgan fingerprint density at radius 2 is 0.900 bits per heavy atom. The second kappa shape index (κ2) is 15.1. The quantitative estimate of drug-likeness (QED) is 0.172. The summed E-state index contributed by atoms with van der Waals surface area (Å²) >= 11 is 1.83. The summed E-state index contributed by atoms with van der Waals surface area (Å²) in [6.07, 6.45) is 0. The predicted octanol–water partition coefficient (Wildman–Crippen LogP) is 16.2. The van der Waals surface area contributed by atoms with Crippen molar-refractivity contribution in [3.8, 4) is 62.1 Å². The first-order valence-corrected chi connectivity index (χ1v) is 24.6. The standard InChI is InChI=1S/C64H39N5S/c1-3-18-40(19-4-1)61-65-62(67-63(66-61)42-34-35-53-49(39-42)47-26-9-13-30-52(47)64(53)50-28-11-7-24-45(50)46-25-8-12-29-51(46)64)41-20-17-23-44(38-41)69-55-32-15-16-33-57(55)70-58-37-36-56-59(60(58)69)48-27-10-14-31-54(48)68(56)43-21-5-2-6-22-43/h1-39H. The molecule has 0 radical (unpaired) electrons. The van der Waals surface area contributed by atoms with Crippen LogP contribution in [-0.4, -0.2) is 19.5 Å². The summed E-state index contributed by atoms with van der Waals surface area (Å²) in [7, 11) is 0. The smallest absolute Gasteiger partial charge is 0.164 e. The Labute approximate surface area is 409 Å². The van der Waals surface area contributed by atoms with Gasteiger partial charge in [-0.15, -0.1) is 0 Å². The molecule has 70 heavy (non-hydrogen) atoms. The van der Waals surface area contributed by atoms with Crippen molar-refractivity contribution in [2.24, 2.45) is 0 Å². The van der Waals surface area contributed by atoms with E-state index in [2.05, 4.69) is 228 Å². The summed E-state index contributed by atoms with van der Waals surface area (Å²) in [6, 6.07) is 85.4. The third kappa shape index (κ3) is 5.53. The molecular formula is C64H39N5S. The van der Waals surface area contributed by atoms with Crippen molar-refractivity contribution < 1.29 is 0 Å². The summed E-state index contributed by atoms with van der Waals surface area (Å²) in [5, 5.41) is 2.42. The molecule has 0 bridgehead atoms. The van der Waals surface area contributed by atoms with Crippen LogP contribution in [0.5, 0.6) is 0 Å². The summed E-state index contributed by atoms with van der Waals surface area (Å²) in [5.74, 6) is 1.87. The lowest BCUT2D eigenvalue weighted by Gasteiger charge is -2.34. The number of para-hydroxylation sites is 3. The monoisotopic (exact) mass is 909 g/mol. The van der Waals surface area contributed by atoms with Crippen LogP contribution in [0, 0.1) is 0 Å². The van der Waals surface area contributed by atoms with Crippen LogP contribution in [-0.2, 0) is 5.41 Å². The number of rotatable bonds is 5. The predicted molar refractivity (Wildman–Crippen MR) is 286 cm³/mol. The third-order valence-corrected chi connectivity index (χ3v) is 15.7. The van der Waals surface area contributed by atoms with Gasteiger partial charge >= 0.3 is 0 Å². The zero-order valence-electron chi connectivity index (χ0n) is 37.7. The molecule has 5 nitrogen and oxygen atoms in total. The van der Waals surface area contributed by atoms with Gasteiger partial charge in [0.25, 0.3) is 0 Å². The molecule has 0 atom stereocenters. The van der Waals surface area contributed by atoms with E-state index in [4.69, 9.17) is 15.0 Å². The van der Waals surface area contributed by atoms with Crippen molar-refractivity contribution in [2.45, 2.75) is 15.2 Å². The van der Waals surface area contributed by atoms with Crippen molar-refractivity contribution in [1.29, 1.82) is 0 Å². The Hall–Kier alpha value is -8.84. The molecule has 0 N–H and O–H groups in total. The number of benzene rings is 10. The lowest BCUT2D eigenvalue weighted by atomic mass is 9.70. The van der Waals surface area contributed by atoms with Gasteiger partial charge in [0, 0.05) is 48.6 Å². The van der Waals surface area contributed by atoms with Crippen LogP contribution in [0.15, 0.2) is 246 Å². The van der Waals surface area contributed by atoms with Crippen LogP contribution >= 0.6 is 11.8 Å². The molecule has 2 aliphatic carbocycles. The minimum atomic E-state index is -0.427. The Balaban J connectivity index is 0.918. The van der Waals surface area contributed by atoms with Crippen molar-refractivity contribution in [3.05, 3.63) is 259 Å². The van der Waals surface area contributed by atoms with Crippen LogP contribution in [0.4, 0.5) is 17.1 Å². The molecule has 0 saturated carbocycles. The van der Waals surface area contributed by atoms with Gasteiger partial charge in [0.05, 0.1) is 27.8 Å². The van der Waals surface area contributed by atoms with Crippen molar-refractivity contribution in [3.63, 3.8) is 0 Å². The number of fused-ring (bicyclic) bond motifs is 16. The SMILES string of the molecule is c1ccc(-c2nc(-c3cccc(N4c5ccccc5Sc5ccc6c(c54)c4ccccc4n6-c4ccccc4)c3)nc(-c3ccc4c(c3)-c3ccccc3C43c4ccccc4-c4ccccc43)n2)cc1. The summed E-state index contributed by atoms with van der Waals surface area (Å²) < 4.78 is 2.39. The van der Waals surface area contributed by atoms with E-state index in [9.17, 15) is 0 Å². The van der Waals surface area contributed by atoms with Gasteiger partial charge in [0.1, 0.15) is 0 Å². The molecular weight excluding hydrogens is 871 g/mol. The number of hydrogen-bond acceptors (Lipinski definition) is 5. The summed E-state index contributed by atoms with van der Waals surface area (Å²) in [6.45, 7) is 0. The largest absolute Gasteiger partial charge is 0.309 e. The molecule has 0 unspecified atom stereocenters. The van der Waals surface area contributed by atoms with Crippen LogP contribution in [0.1, 0.15) is 22.3 Å². The molecule has 1 spiro atoms. The molecule has 1 aliphatic heterocycles. The van der Waals surface area contributed by atoms with Crippen LogP contribution in [0.25, 0.3) is 83.9 Å². The van der Waals surface area contributed by atoms with Gasteiger partial charge in [0.2, 0.25) is 0 Å². The Morgan fingerprint density at radius 3 is 1.63 bits per heavy atom. The fourth-order valence-electron chi connectivity index (χ4n) is 11.8. The first kappa shape index (κ1) is 39.2. The zero-order chi connectivity index (χ0) is 45.9. The van der Waals surface area contributed by atoms with E-state index in [1.807, 2.05) is 30.0 Å². The van der Waals surface area contributed by atoms with Gasteiger partial charge in [-0.05, 0) is 105 Å². The normalized spacial score (nSPS) is 13.5. The van der Waals surface area contributed by atoms with Crippen molar-refractivity contribution in [1.82, 2.24) is 19.5 Å². The fraction of sp³-hybridized carbons (Fsp3) is 0.0156. The molecule has 6 heteroatoms. The van der Waals surface area contributed by atoms with Crippen LogP contribution < -0.4 is 4.90 Å². The maximum atomic E-state index is 5.40. The van der Waals surface area contributed by atoms with E-state index in [-0.39, 0.29) is 0 Å². The second-order valence-corrected chi connectivity index (χ2v) is 19.4. The summed E-state index contributed by atoms with van der Waals surface area (Å²) in [5.41, 5.74) is 19.4. The van der Waals surface area contributed by atoms with E-state index in [0.29, 0.717) is 17.5 Å². The molecule has 0 saturated heterocycles. The van der Waals surface area contributed by atoms with Gasteiger partial charge in [0.15, 0.2) is 17.5 Å². The average molecular weight is 910 g/mol. The lowest BCUT2D eigenvalue weighted by molar-refractivity contribution is 0.794. The molecule has 15 rings (SSSR count). The number of hydrogen-bond donors (Lipinski definition) is 0. The number of anilines is 3. The van der Waals surface area contributed by atoms with Crippen molar-refractivity contribution >= 4 is 50.6 Å². The van der Waals surface area contributed by atoms with E-state index in [1.54, 1.807) is 0 Å². The maximum Gasteiger partial charge on any atom is 0.164 e. The number of aromatic nitrogens is 4. The molecule has 10 aromatic carbocycles. The molecule has 3 aliphatic rings. The van der Waals surface area contributed by atoms with E-state index < -0.39 is 5.41 Å². The minimum Gasteiger partial charge on any atom is -0.309 e. The topological polar surface area (TPSA) is 46.8 Å². The van der Waals surface area contributed by atoms with Gasteiger partial charge < -0.3 is 9.47 Å². The van der Waals surface area contributed by atoms with Crippen molar-refractivity contribution in [2.75, 3.05) is 4.90 Å². The van der Waals surface area contributed by atoms with Gasteiger partial charge in [-0.2, -0.15) is 0 Å². The molecule has 3 heterocycles. The Morgan fingerprint density at radius 1 is 0.357 bits per heavy atom. The first-order valence-electron chi connectivity index (χ1n) is 23.8. The fourth-order valence-corrected chi connectivity index (χ4v) is 12.9. The molecule has 12 aromatic rings. The summed E-state index contributed by atoms with van der Waals surface area (Å²) in [4.78, 5) is 20.8. The molecule has 0 amide bonds. The third-order valence-electron chi connectivity index (χ3n) is 14.6. The lowest BCUT2D eigenvalue weighted by Crippen LogP contribution is -2.25. The first-order chi connectivity index (χ1) is 34.7. The zero-order valence-corrected chi connectivity index (χ0v) is 38.5.